The first-order chi connectivity index (χ1) is 11.5. The molecule has 1 amide bonds. The van der Waals surface area contributed by atoms with Crippen molar-refractivity contribution in [1.82, 2.24) is 19.5 Å². The zero-order valence-corrected chi connectivity index (χ0v) is 13.9. The number of nitrogens with zero attached hydrogens (tertiary/aromatic N) is 4. The summed E-state index contributed by atoms with van der Waals surface area (Å²) >= 11 is 0. The van der Waals surface area contributed by atoms with E-state index in [1.165, 1.54) is 15.6 Å². The van der Waals surface area contributed by atoms with E-state index in [0.717, 1.165) is 0 Å². The van der Waals surface area contributed by atoms with Crippen molar-refractivity contribution in [3.8, 4) is 0 Å². The van der Waals surface area contributed by atoms with Crippen LogP contribution in [0.3, 0.4) is 0 Å². The summed E-state index contributed by atoms with van der Waals surface area (Å²) in [7, 11) is 0. The molecule has 24 heavy (non-hydrogen) atoms. The Bertz CT molecular complexity index is 700. The maximum atomic E-state index is 12.8. The van der Waals surface area contributed by atoms with Crippen molar-refractivity contribution in [3.63, 3.8) is 0 Å². The smallest absolute Gasteiger partial charge is 0.308 e. The van der Waals surface area contributed by atoms with Gasteiger partial charge in [0.2, 0.25) is 0 Å². The Kier molecular flexibility index (Phi) is 6.25. The Balaban J connectivity index is 2.17. The standard InChI is InChI=1S/C16H22N4O4/c1-3-24-9-5-7-19(11-12(2)16(22)23)15(21)13-10-18-20-8-4-6-17-14(13)20/h4,6,8,10,12H,3,5,7,9,11H2,1-2H3,(H,22,23). The molecule has 2 aromatic heterocycles. The van der Waals surface area contributed by atoms with Crippen LogP contribution >= 0.6 is 0 Å². The summed E-state index contributed by atoms with van der Waals surface area (Å²) in [5, 5.41) is 13.2. The summed E-state index contributed by atoms with van der Waals surface area (Å²) in [6, 6.07) is 1.72. The number of fused-ring (bicyclic) bond motifs is 1. The second-order valence-corrected chi connectivity index (χ2v) is 5.49. The van der Waals surface area contributed by atoms with E-state index in [1.807, 2.05) is 6.92 Å². The molecule has 1 unspecified atom stereocenters. The summed E-state index contributed by atoms with van der Waals surface area (Å²) in [6.07, 6.45) is 5.40. The van der Waals surface area contributed by atoms with E-state index in [2.05, 4.69) is 10.1 Å². The molecular formula is C16H22N4O4. The van der Waals surface area contributed by atoms with E-state index < -0.39 is 11.9 Å². The van der Waals surface area contributed by atoms with Crippen LogP contribution in [-0.2, 0) is 9.53 Å². The zero-order valence-electron chi connectivity index (χ0n) is 13.9. The highest BCUT2D eigenvalue weighted by atomic mass is 16.5. The summed E-state index contributed by atoms with van der Waals surface area (Å²) in [6.45, 7) is 5.16. The van der Waals surface area contributed by atoms with Crippen molar-refractivity contribution >= 4 is 17.5 Å². The molecular weight excluding hydrogens is 312 g/mol. The van der Waals surface area contributed by atoms with Gasteiger partial charge in [-0.2, -0.15) is 5.10 Å². The van der Waals surface area contributed by atoms with Gasteiger partial charge in [-0.15, -0.1) is 0 Å². The molecule has 0 aliphatic rings. The topological polar surface area (TPSA) is 97.0 Å². The SMILES string of the molecule is CCOCCCN(CC(C)C(=O)O)C(=O)c1cnn2cccnc12. The van der Waals surface area contributed by atoms with Crippen LogP contribution in [-0.4, -0.2) is 62.8 Å². The highest BCUT2D eigenvalue weighted by molar-refractivity contribution is 5.99. The first kappa shape index (κ1) is 17.9. The van der Waals surface area contributed by atoms with Crippen LogP contribution in [0.25, 0.3) is 5.65 Å². The Morgan fingerprint density at radius 3 is 2.96 bits per heavy atom. The molecule has 1 atom stereocenters. The Morgan fingerprint density at radius 1 is 1.46 bits per heavy atom. The van der Waals surface area contributed by atoms with Crippen LogP contribution in [0.4, 0.5) is 0 Å². The fourth-order valence-corrected chi connectivity index (χ4v) is 2.33. The van der Waals surface area contributed by atoms with Gasteiger partial charge in [-0.05, 0) is 19.4 Å². The van der Waals surface area contributed by atoms with Crippen LogP contribution in [0.1, 0.15) is 30.6 Å². The quantitative estimate of drug-likeness (QED) is 0.695. The van der Waals surface area contributed by atoms with Gasteiger partial charge in [0.05, 0.1) is 12.1 Å². The van der Waals surface area contributed by atoms with Crippen molar-refractivity contribution in [1.29, 1.82) is 0 Å². The third-order valence-corrected chi connectivity index (χ3v) is 3.63. The number of aromatic nitrogens is 3. The summed E-state index contributed by atoms with van der Waals surface area (Å²) in [5.41, 5.74) is 0.824. The molecule has 0 aromatic carbocycles. The van der Waals surface area contributed by atoms with E-state index in [0.29, 0.717) is 37.4 Å². The summed E-state index contributed by atoms with van der Waals surface area (Å²) in [4.78, 5) is 29.7. The van der Waals surface area contributed by atoms with Gasteiger partial charge < -0.3 is 14.7 Å². The fraction of sp³-hybridized carbons (Fsp3) is 0.500. The lowest BCUT2D eigenvalue weighted by molar-refractivity contribution is -0.141. The van der Waals surface area contributed by atoms with Crippen LogP contribution < -0.4 is 0 Å². The van der Waals surface area contributed by atoms with Gasteiger partial charge in [-0.25, -0.2) is 9.50 Å². The van der Waals surface area contributed by atoms with Gasteiger partial charge in [0.25, 0.3) is 5.91 Å². The van der Waals surface area contributed by atoms with Crippen LogP contribution in [0.5, 0.6) is 0 Å². The first-order valence-corrected chi connectivity index (χ1v) is 7.92. The minimum Gasteiger partial charge on any atom is -0.481 e. The molecule has 2 rings (SSSR count). The number of amides is 1. The molecule has 0 fully saturated rings. The average Bonchev–Trinajstić information content (AvgIpc) is 3.00. The lowest BCUT2D eigenvalue weighted by Crippen LogP contribution is -2.38. The molecule has 0 saturated heterocycles. The minimum atomic E-state index is -0.935. The largest absolute Gasteiger partial charge is 0.481 e. The van der Waals surface area contributed by atoms with Gasteiger partial charge in [0.1, 0.15) is 5.56 Å². The Hall–Kier alpha value is -2.48. The second kappa shape index (κ2) is 8.39. The number of carboxylic acids is 1. The molecule has 0 aliphatic carbocycles. The number of carbonyl (C=O) groups excluding carboxylic acids is 1. The maximum absolute atomic E-state index is 12.8. The molecule has 0 bridgehead atoms. The molecule has 130 valence electrons. The van der Waals surface area contributed by atoms with Crippen molar-refractivity contribution in [3.05, 3.63) is 30.2 Å². The molecule has 0 radical (unpaired) electrons. The molecule has 8 heteroatoms. The number of carboxylic acid groups (broad SMARTS) is 1. The molecule has 8 nitrogen and oxygen atoms in total. The van der Waals surface area contributed by atoms with E-state index in [1.54, 1.807) is 25.4 Å². The zero-order chi connectivity index (χ0) is 17.5. The number of carbonyl (C=O) groups is 2. The van der Waals surface area contributed by atoms with E-state index in [4.69, 9.17) is 9.84 Å². The molecule has 0 aliphatic heterocycles. The third kappa shape index (κ3) is 4.29. The Morgan fingerprint density at radius 2 is 2.25 bits per heavy atom. The molecule has 0 saturated carbocycles. The summed E-state index contributed by atoms with van der Waals surface area (Å²) in [5.74, 6) is -1.86. The van der Waals surface area contributed by atoms with Gasteiger partial charge in [-0.1, -0.05) is 6.92 Å². The minimum absolute atomic E-state index is 0.129. The summed E-state index contributed by atoms with van der Waals surface area (Å²) < 4.78 is 6.81. The maximum Gasteiger partial charge on any atom is 0.308 e. The van der Waals surface area contributed by atoms with Gasteiger partial charge in [0.15, 0.2) is 5.65 Å². The number of aliphatic carboxylic acids is 1. The average molecular weight is 334 g/mol. The molecule has 2 heterocycles. The number of rotatable bonds is 9. The van der Waals surface area contributed by atoms with Crippen molar-refractivity contribution in [2.75, 3.05) is 26.3 Å². The number of ether oxygens (including phenoxy) is 1. The Labute approximate surface area is 140 Å². The van der Waals surface area contributed by atoms with Crippen molar-refractivity contribution in [2.24, 2.45) is 5.92 Å². The lowest BCUT2D eigenvalue weighted by Gasteiger charge is -2.24. The first-order valence-electron chi connectivity index (χ1n) is 7.92. The van der Waals surface area contributed by atoms with Crippen molar-refractivity contribution in [2.45, 2.75) is 20.3 Å². The van der Waals surface area contributed by atoms with Crippen LogP contribution in [0.15, 0.2) is 24.7 Å². The second-order valence-electron chi connectivity index (χ2n) is 5.49. The molecule has 0 spiro atoms. The predicted molar refractivity (Wildman–Crippen MR) is 86.8 cm³/mol. The van der Waals surface area contributed by atoms with Crippen LogP contribution in [0, 0.1) is 5.92 Å². The third-order valence-electron chi connectivity index (χ3n) is 3.63. The van der Waals surface area contributed by atoms with E-state index >= 15 is 0 Å². The van der Waals surface area contributed by atoms with E-state index in [9.17, 15) is 9.59 Å². The molecule has 1 N–H and O–H groups in total. The molecule has 2 aromatic rings. The van der Waals surface area contributed by atoms with Gasteiger partial charge in [0, 0.05) is 38.7 Å². The lowest BCUT2D eigenvalue weighted by atomic mass is 10.1. The van der Waals surface area contributed by atoms with E-state index in [-0.39, 0.29) is 12.5 Å². The number of hydrogen-bond acceptors (Lipinski definition) is 5. The highest BCUT2D eigenvalue weighted by Crippen LogP contribution is 2.13. The predicted octanol–water partition coefficient (Wildman–Crippen LogP) is 1.32. The normalized spacial score (nSPS) is 12.2. The fourth-order valence-electron chi connectivity index (χ4n) is 2.33. The van der Waals surface area contributed by atoms with Crippen molar-refractivity contribution < 1.29 is 19.4 Å². The van der Waals surface area contributed by atoms with Crippen LogP contribution in [0.2, 0.25) is 0 Å². The highest BCUT2D eigenvalue weighted by Gasteiger charge is 2.24. The monoisotopic (exact) mass is 334 g/mol. The number of hydrogen-bond donors (Lipinski definition) is 1. The van der Waals surface area contributed by atoms with Gasteiger partial charge in [-0.3, -0.25) is 9.59 Å². The van der Waals surface area contributed by atoms with Gasteiger partial charge >= 0.3 is 5.97 Å².